The first-order valence-corrected chi connectivity index (χ1v) is 6.75. The molecule has 102 valence electrons. The molecule has 0 spiro atoms. The van der Waals surface area contributed by atoms with Gasteiger partial charge in [-0.25, -0.2) is 0 Å². The van der Waals surface area contributed by atoms with Gasteiger partial charge in [0.2, 0.25) is 0 Å². The average Bonchev–Trinajstić information content (AvgIpc) is 2.37. The van der Waals surface area contributed by atoms with Gasteiger partial charge in [-0.15, -0.1) is 6.42 Å². The molecule has 0 aliphatic heterocycles. The van der Waals surface area contributed by atoms with E-state index in [4.69, 9.17) is 12.2 Å². The van der Waals surface area contributed by atoms with Crippen LogP contribution in [0.5, 0.6) is 0 Å². The Morgan fingerprint density at radius 1 is 1.24 bits per heavy atom. The lowest BCUT2D eigenvalue weighted by atomic mass is 10.0. The van der Waals surface area contributed by atoms with E-state index in [0.29, 0.717) is 6.04 Å². The number of carbonyl (C=O) groups excluding carboxylic acids is 1. The van der Waals surface area contributed by atoms with Crippen LogP contribution in [0.25, 0.3) is 0 Å². The largest absolute Gasteiger partial charge is 0.328 e. The van der Waals surface area contributed by atoms with Gasteiger partial charge in [0.1, 0.15) is 5.78 Å². The zero-order chi connectivity index (χ0) is 14.3. The minimum absolute atomic E-state index is 0.111. The van der Waals surface area contributed by atoms with Gasteiger partial charge in [0.05, 0.1) is 5.92 Å². The first-order chi connectivity index (χ1) is 8.03. The molecule has 0 saturated heterocycles. The van der Waals surface area contributed by atoms with Crippen molar-refractivity contribution >= 4 is 5.78 Å². The molecule has 0 aliphatic rings. The fraction of sp³-hybridized carbons (Fsp3) is 0.800. The summed E-state index contributed by atoms with van der Waals surface area (Å²) in [6.45, 7) is 11.8. The number of terminal acetylenes is 1. The van der Waals surface area contributed by atoms with Gasteiger partial charge >= 0.3 is 0 Å². The van der Waals surface area contributed by atoms with Crippen molar-refractivity contribution in [2.24, 2.45) is 11.7 Å². The maximum atomic E-state index is 10.6. The molecule has 0 bridgehead atoms. The third-order valence-corrected chi connectivity index (χ3v) is 2.32. The van der Waals surface area contributed by atoms with Crippen LogP contribution in [-0.2, 0) is 4.79 Å². The van der Waals surface area contributed by atoms with Crippen LogP contribution in [0.2, 0.25) is 0 Å². The molecule has 0 saturated carbocycles. The van der Waals surface area contributed by atoms with Crippen molar-refractivity contribution < 1.29 is 4.79 Å². The summed E-state index contributed by atoms with van der Waals surface area (Å²) in [4.78, 5) is 10.6. The van der Waals surface area contributed by atoms with Gasteiger partial charge < -0.3 is 5.73 Å². The molecule has 2 N–H and O–H groups in total. The summed E-state index contributed by atoms with van der Waals surface area (Å²) >= 11 is 0. The molecule has 17 heavy (non-hydrogen) atoms. The monoisotopic (exact) mass is 241 g/mol. The molecule has 1 unspecified atom stereocenters. The van der Waals surface area contributed by atoms with Crippen molar-refractivity contribution in [2.75, 3.05) is 0 Å². The Morgan fingerprint density at radius 3 is 1.71 bits per heavy atom. The fourth-order valence-electron chi connectivity index (χ4n) is 0.981. The molecule has 0 amide bonds. The minimum Gasteiger partial charge on any atom is -0.328 e. The molecule has 0 aromatic carbocycles. The van der Waals surface area contributed by atoms with Crippen LogP contribution in [0.1, 0.15) is 67.2 Å². The Balaban J connectivity index is -0.000000213. The number of nitrogens with two attached hydrogens (primary N) is 1. The smallest absolute Gasteiger partial charge is 0.144 e. The van der Waals surface area contributed by atoms with E-state index in [1.807, 2.05) is 20.8 Å². The number of rotatable bonds is 5. The summed E-state index contributed by atoms with van der Waals surface area (Å²) in [5, 5.41) is 0. The molecule has 0 rings (SSSR count). The quantitative estimate of drug-likeness (QED) is 0.744. The van der Waals surface area contributed by atoms with Gasteiger partial charge in [0.25, 0.3) is 0 Å². The van der Waals surface area contributed by atoms with E-state index >= 15 is 0 Å². The lowest BCUT2D eigenvalue weighted by Gasteiger charge is -2.01. The molecule has 0 aromatic heterocycles. The van der Waals surface area contributed by atoms with Crippen LogP contribution in [-0.4, -0.2) is 11.8 Å². The predicted molar refractivity (Wildman–Crippen MR) is 77.8 cm³/mol. The van der Waals surface area contributed by atoms with E-state index in [1.165, 1.54) is 0 Å². The summed E-state index contributed by atoms with van der Waals surface area (Å²) in [5.74, 6) is 2.42. The van der Waals surface area contributed by atoms with Crippen molar-refractivity contribution in [2.45, 2.75) is 73.3 Å². The van der Waals surface area contributed by atoms with Gasteiger partial charge in [-0.3, -0.25) is 4.79 Å². The number of hydrogen-bond donors (Lipinski definition) is 1. The topological polar surface area (TPSA) is 43.1 Å². The van der Waals surface area contributed by atoms with Crippen molar-refractivity contribution in [3.05, 3.63) is 0 Å². The second-order valence-corrected chi connectivity index (χ2v) is 3.70. The maximum Gasteiger partial charge on any atom is 0.144 e. The van der Waals surface area contributed by atoms with E-state index in [9.17, 15) is 4.79 Å². The van der Waals surface area contributed by atoms with Crippen molar-refractivity contribution in [3.63, 3.8) is 0 Å². The molecule has 0 heterocycles. The summed E-state index contributed by atoms with van der Waals surface area (Å²) in [6, 6.07) is 0.435. The lowest BCUT2D eigenvalue weighted by Crippen LogP contribution is -2.16. The highest BCUT2D eigenvalue weighted by Gasteiger charge is 2.07. The molecule has 2 nitrogen and oxygen atoms in total. The standard InChI is InChI=1S/C8H12O.C5H13N.C2H6/c1-4-6-8(5-2)7(3)9;1-3-5(6)4-2;1-2/h2,8H,4,6H2,1,3H3;5H,3-4,6H2,1-2H3;1-2H3. The van der Waals surface area contributed by atoms with Gasteiger partial charge in [-0.05, 0) is 26.2 Å². The van der Waals surface area contributed by atoms with Crippen molar-refractivity contribution in [3.8, 4) is 12.3 Å². The van der Waals surface area contributed by atoms with Crippen LogP contribution in [0, 0.1) is 18.3 Å². The van der Waals surface area contributed by atoms with Gasteiger partial charge in [-0.1, -0.05) is 47.0 Å². The van der Waals surface area contributed by atoms with Crippen molar-refractivity contribution in [1.29, 1.82) is 0 Å². The predicted octanol–water partition coefficient (Wildman–Crippen LogP) is 3.78. The van der Waals surface area contributed by atoms with Crippen LogP contribution in [0.15, 0.2) is 0 Å². The molecule has 0 aromatic rings. The Hall–Kier alpha value is -0.810. The van der Waals surface area contributed by atoms with Crippen LogP contribution < -0.4 is 5.73 Å². The lowest BCUT2D eigenvalue weighted by molar-refractivity contribution is -0.119. The Morgan fingerprint density at radius 2 is 1.65 bits per heavy atom. The summed E-state index contributed by atoms with van der Waals surface area (Å²) in [6.07, 6.45) is 9.11. The molecule has 2 heteroatoms. The normalized spacial score (nSPS) is 10.3. The number of carbonyl (C=O) groups is 1. The summed E-state index contributed by atoms with van der Waals surface area (Å²) in [5.41, 5.74) is 5.47. The summed E-state index contributed by atoms with van der Waals surface area (Å²) in [7, 11) is 0. The maximum absolute atomic E-state index is 10.6. The third kappa shape index (κ3) is 17.8. The zero-order valence-electron chi connectivity index (χ0n) is 12.5. The second kappa shape index (κ2) is 17.6. The van der Waals surface area contributed by atoms with Gasteiger partial charge in [0.15, 0.2) is 0 Å². The van der Waals surface area contributed by atoms with E-state index in [1.54, 1.807) is 6.92 Å². The van der Waals surface area contributed by atoms with Crippen LogP contribution in [0.4, 0.5) is 0 Å². The first kappa shape index (κ1) is 21.5. The van der Waals surface area contributed by atoms with Crippen LogP contribution in [0.3, 0.4) is 0 Å². The number of Topliss-reactive ketones (excluding diaryl/α,β-unsaturated/α-hetero) is 1. The van der Waals surface area contributed by atoms with E-state index in [0.717, 1.165) is 25.7 Å². The zero-order valence-corrected chi connectivity index (χ0v) is 12.5. The average molecular weight is 241 g/mol. The molecular formula is C15H31NO. The highest BCUT2D eigenvalue weighted by Crippen LogP contribution is 2.04. The number of hydrogen-bond acceptors (Lipinski definition) is 2. The Labute approximate surface area is 108 Å². The fourth-order valence-corrected chi connectivity index (χ4v) is 0.981. The van der Waals surface area contributed by atoms with E-state index in [2.05, 4.69) is 19.8 Å². The number of ketones is 1. The van der Waals surface area contributed by atoms with Gasteiger partial charge in [0, 0.05) is 6.04 Å². The Kier molecular flexibility index (Phi) is 22.2. The first-order valence-electron chi connectivity index (χ1n) is 6.75. The molecular weight excluding hydrogens is 210 g/mol. The summed E-state index contributed by atoms with van der Waals surface area (Å²) < 4.78 is 0. The minimum atomic E-state index is -0.144. The van der Waals surface area contributed by atoms with E-state index in [-0.39, 0.29) is 11.7 Å². The van der Waals surface area contributed by atoms with Crippen LogP contribution >= 0.6 is 0 Å². The van der Waals surface area contributed by atoms with Crippen molar-refractivity contribution in [1.82, 2.24) is 0 Å². The molecule has 0 fully saturated rings. The SMILES string of the molecule is C#CC(CCC)C(C)=O.CC.CCC(N)CC. The molecule has 1 atom stereocenters. The third-order valence-electron chi connectivity index (χ3n) is 2.32. The Bertz CT molecular complexity index is 190. The van der Waals surface area contributed by atoms with E-state index < -0.39 is 0 Å². The molecule has 0 radical (unpaired) electrons. The highest BCUT2D eigenvalue weighted by molar-refractivity contribution is 5.80. The second-order valence-electron chi connectivity index (χ2n) is 3.70. The molecule has 0 aliphatic carbocycles. The highest BCUT2D eigenvalue weighted by atomic mass is 16.1. The van der Waals surface area contributed by atoms with Gasteiger partial charge in [-0.2, -0.15) is 0 Å².